The molecule has 2 heterocycles. The number of hydrogen-bond acceptors (Lipinski definition) is 2. The van der Waals surface area contributed by atoms with E-state index >= 15 is 0 Å². The van der Waals surface area contributed by atoms with Crippen molar-refractivity contribution in [2.24, 2.45) is 0 Å². The molecule has 13 heavy (non-hydrogen) atoms. The lowest BCUT2D eigenvalue weighted by atomic mass is 10.2. The zero-order chi connectivity index (χ0) is 9.64. The van der Waals surface area contributed by atoms with E-state index in [9.17, 15) is 13.6 Å². The van der Waals surface area contributed by atoms with Crippen LogP contribution in [0.5, 0.6) is 0 Å². The van der Waals surface area contributed by atoms with Crippen molar-refractivity contribution < 1.29 is 13.6 Å². The van der Waals surface area contributed by atoms with E-state index in [2.05, 4.69) is 5.32 Å². The largest absolute Gasteiger partial charge is 0.332 e. The first-order valence-corrected chi connectivity index (χ1v) is 4.41. The molecule has 2 bridgehead atoms. The summed E-state index contributed by atoms with van der Waals surface area (Å²) in [5.41, 5.74) is 0. The Balaban J connectivity index is 2.07. The molecule has 3 nitrogen and oxygen atoms in total. The van der Waals surface area contributed by atoms with E-state index in [1.807, 2.05) is 0 Å². The highest BCUT2D eigenvalue weighted by Gasteiger charge is 2.46. The van der Waals surface area contributed by atoms with Crippen LogP contribution in [-0.2, 0) is 4.79 Å². The number of halogens is 2. The van der Waals surface area contributed by atoms with E-state index in [-0.39, 0.29) is 12.1 Å². The first-order valence-electron chi connectivity index (χ1n) is 4.41. The zero-order valence-corrected chi connectivity index (χ0v) is 7.39. The second-order valence-electron chi connectivity index (χ2n) is 3.84. The summed E-state index contributed by atoms with van der Waals surface area (Å²) in [7, 11) is 0. The second kappa shape index (κ2) is 2.64. The molecule has 1 amide bonds. The van der Waals surface area contributed by atoms with Crippen LogP contribution in [0.1, 0.15) is 13.3 Å². The predicted molar refractivity (Wildman–Crippen MR) is 42.5 cm³/mol. The van der Waals surface area contributed by atoms with Crippen LogP contribution in [0, 0.1) is 0 Å². The first kappa shape index (κ1) is 8.87. The lowest BCUT2D eigenvalue weighted by Gasteiger charge is -2.29. The zero-order valence-electron chi connectivity index (χ0n) is 7.39. The number of nitrogens with one attached hydrogen (secondary N) is 1. The number of fused-ring (bicyclic) bond motifs is 2. The molecular weight excluding hydrogens is 178 g/mol. The molecule has 2 atom stereocenters. The molecule has 2 aliphatic rings. The molecule has 0 spiro atoms. The summed E-state index contributed by atoms with van der Waals surface area (Å²) in [5.74, 6) is -4.24. The van der Waals surface area contributed by atoms with Crippen molar-refractivity contribution in [2.75, 3.05) is 13.1 Å². The number of likely N-dealkylation sites (tertiary alicyclic amines) is 1. The van der Waals surface area contributed by atoms with Crippen LogP contribution in [0.4, 0.5) is 8.78 Å². The average molecular weight is 190 g/mol. The smallest absolute Gasteiger partial charge is 0.322 e. The van der Waals surface area contributed by atoms with Gasteiger partial charge in [0.2, 0.25) is 0 Å². The van der Waals surface area contributed by atoms with Gasteiger partial charge >= 0.3 is 5.92 Å². The summed E-state index contributed by atoms with van der Waals surface area (Å²) in [6, 6.07) is 0.222. The van der Waals surface area contributed by atoms with E-state index in [4.69, 9.17) is 0 Å². The van der Waals surface area contributed by atoms with Gasteiger partial charge in [0.05, 0.1) is 0 Å². The lowest BCUT2D eigenvalue weighted by molar-refractivity contribution is -0.156. The molecule has 0 aromatic carbocycles. The van der Waals surface area contributed by atoms with Gasteiger partial charge in [0.15, 0.2) is 0 Å². The van der Waals surface area contributed by atoms with Crippen molar-refractivity contribution in [1.29, 1.82) is 0 Å². The van der Waals surface area contributed by atoms with Crippen LogP contribution in [0.25, 0.3) is 0 Å². The molecule has 2 saturated heterocycles. The minimum absolute atomic E-state index is 0.0108. The summed E-state index contributed by atoms with van der Waals surface area (Å²) < 4.78 is 25.4. The molecule has 2 rings (SSSR count). The van der Waals surface area contributed by atoms with Gasteiger partial charge < -0.3 is 10.2 Å². The van der Waals surface area contributed by atoms with Gasteiger partial charge in [-0.25, -0.2) is 0 Å². The van der Waals surface area contributed by atoms with E-state index in [0.29, 0.717) is 20.0 Å². The Morgan fingerprint density at radius 3 is 2.69 bits per heavy atom. The van der Waals surface area contributed by atoms with Gasteiger partial charge in [0, 0.05) is 32.1 Å². The molecule has 74 valence electrons. The Morgan fingerprint density at radius 1 is 1.62 bits per heavy atom. The molecule has 0 aromatic rings. The van der Waals surface area contributed by atoms with E-state index < -0.39 is 11.8 Å². The van der Waals surface area contributed by atoms with Crippen molar-refractivity contribution in [3.8, 4) is 0 Å². The number of alkyl halides is 2. The fraction of sp³-hybridized carbons (Fsp3) is 0.875. The van der Waals surface area contributed by atoms with Crippen LogP contribution in [0.3, 0.4) is 0 Å². The maximum atomic E-state index is 12.7. The Morgan fingerprint density at radius 2 is 2.31 bits per heavy atom. The first-order chi connectivity index (χ1) is 5.98. The molecule has 0 radical (unpaired) electrons. The van der Waals surface area contributed by atoms with Crippen molar-refractivity contribution >= 4 is 5.91 Å². The van der Waals surface area contributed by atoms with Gasteiger partial charge in [-0.3, -0.25) is 4.79 Å². The summed E-state index contributed by atoms with van der Waals surface area (Å²) in [5, 5.41) is 3.15. The van der Waals surface area contributed by atoms with E-state index in [1.165, 1.54) is 4.90 Å². The lowest BCUT2D eigenvalue weighted by Crippen LogP contribution is -2.51. The minimum Gasteiger partial charge on any atom is -0.332 e. The highest BCUT2D eigenvalue weighted by molar-refractivity contribution is 5.83. The number of amides is 1. The SMILES string of the molecule is CC(F)(F)C(=O)N1CC2CC1CN2. The summed E-state index contributed by atoms with van der Waals surface area (Å²) in [6.07, 6.45) is 0.821. The van der Waals surface area contributed by atoms with Gasteiger partial charge in [0.25, 0.3) is 5.91 Å². The van der Waals surface area contributed by atoms with Crippen LogP contribution in [0.15, 0.2) is 0 Å². The third-order valence-corrected chi connectivity index (χ3v) is 2.69. The topological polar surface area (TPSA) is 32.3 Å². The Bertz CT molecular complexity index is 239. The molecule has 2 unspecified atom stereocenters. The molecule has 0 saturated carbocycles. The van der Waals surface area contributed by atoms with Crippen molar-refractivity contribution in [3.05, 3.63) is 0 Å². The standard InChI is InChI=1S/C8H12F2N2O/c1-8(9,10)7(13)12-4-5-2-6(12)3-11-5/h5-6,11H,2-4H2,1H3. The molecule has 0 aliphatic carbocycles. The Hall–Kier alpha value is -0.710. The summed E-state index contributed by atoms with van der Waals surface area (Å²) in [4.78, 5) is 12.5. The minimum atomic E-state index is -3.22. The van der Waals surface area contributed by atoms with Crippen molar-refractivity contribution in [3.63, 3.8) is 0 Å². The second-order valence-corrected chi connectivity index (χ2v) is 3.84. The Kier molecular flexibility index (Phi) is 1.80. The third-order valence-electron chi connectivity index (χ3n) is 2.69. The van der Waals surface area contributed by atoms with Gasteiger partial charge in [-0.15, -0.1) is 0 Å². The number of carbonyl (C=O) groups is 1. The van der Waals surface area contributed by atoms with Crippen molar-refractivity contribution in [2.45, 2.75) is 31.4 Å². The molecule has 2 aliphatic heterocycles. The van der Waals surface area contributed by atoms with Crippen LogP contribution >= 0.6 is 0 Å². The highest BCUT2D eigenvalue weighted by atomic mass is 19.3. The van der Waals surface area contributed by atoms with Crippen LogP contribution < -0.4 is 5.32 Å². The summed E-state index contributed by atoms with van der Waals surface area (Å²) >= 11 is 0. The Labute approximate surface area is 75.1 Å². The van der Waals surface area contributed by atoms with Gasteiger partial charge in [-0.05, 0) is 6.42 Å². The number of rotatable bonds is 1. The number of piperazine rings is 1. The summed E-state index contributed by atoms with van der Waals surface area (Å²) in [6.45, 7) is 1.76. The number of nitrogens with zero attached hydrogens (tertiary/aromatic N) is 1. The van der Waals surface area contributed by atoms with Gasteiger partial charge in [-0.1, -0.05) is 0 Å². The normalized spacial score (nSPS) is 32.7. The van der Waals surface area contributed by atoms with Crippen LogP contribution in [-0.4, -0.2) is 41.9 Å². The third kappa shape index (κ3) is 1.41. The number of carbonyl (C=O) groups excluding carboxylic acids is 1. The highest BCUT2D eigenvalue weighted by Crippen LogP contribution is 2.27. The van der Waals surface area contributed by atoms with E-state index in [0.717, 1.165) is 6.42 Å². The fourth-order valence-corrected chi connectivity index (χ4v) is 2.06. The molecule has 2 fully saturated rings. The van der Waals surface area contributed by atoms with Crippen molar-refractivity contribution in [1.82, 2.24) is 10.2 Å². The maximum Gasteiger partial charge on any atom is 0.322 e. The van der Waals surface area contributed by atoms with Crippen LogP contribution in [0.2, 0.25) is 0 Å². The maximum absolute atomic E-state index is 12.7. The average Bonchev–Trinajstić information content (AvgIpc) is 2.60. The monoisotopic (exact) mass is 190 g/mol. The van der Waals surface area contributed by atoms with E-state index in [1.54, 1.807) is 0 Å². The molecule has 5 heteroatoms. The van der Waals surface area contributed by atoms with Gasteiger partial charge in [-0.2, -0.15) is 8.78 Å². The molecule has 1 N–H and O–H groups in total. The molecular formula is C8H12F2N2O. The molecule has 0 aromatic heterocycles. The predicted octanol–water partition coefficient (Wildman–Crippen LogP) is 0.214. The number of hydrogen-bond donors (Lipinski definition) is 1. The fourth-order valence-electron chi connectivity index (χ4n) is 2.06. The quantitative estimate of drug-likeness (QED) is 0.641. The van der Waals surface area contributed by atoms with Gasteiger partial charge in [0.1, 0.15) is 0 Å².